The minimum absolute atomic E-state index is 0.183. The van der Waals surface area contributed by atoms with Gasteiger partial charge in [-0.3, -0.25) is 15.6 Å². The van der Waals surface area contributed by atoms with E-state index in [4.69, 9.17) is 0 Å². The molecule has 2 atom stereocenters. The molecule has 8 heteroatoms. The summed E-state index contributed by atoms with van der Waals surface area (Å²) in [6.45, 7) is 4.57. The number of carbonyl (C=O) groups is 1. The smallest absolute Gasteiger partial charge is 0.243 e. The Hall–Kier alpha value is -2.26. The van der Waals surface area contributed by atoms with E-state index in [0.717, 1.165) is 19.3 Å². The third-order valence-electron chi connectivity index (χ3n) is 6.26. The van der Waals surface area contributed by atoms with Gasteiger partial charge in [0.1, 0.15) is 0 Å². The third kappa shape index (κ3) is 4.98. The normalized spacial score (nSPS) is 23.0. The minimum atomic E-state index is -3.53. The first-order valence-corrected chi connectivity index (χ1v) is 12.2. The lowest BCUT2D eigenvalue weighted by Gasteiger charge is -2.34. The molecule has 2 aromatic carbocycles. The Balaban J connectivity index is 1.34. The van der Waals surface area contributed by atoms with Crippen LogP contribution in [0.15, 0.2) is 53.4 Å². The van der Waals surface area contributed by atoms with Crippen LogP contribution in [0.1, 0.15) is 43.4 Å². The summed E-state index contributed by atoms with van der Waals surface area (Å²) in [6, 6.07) is 15.6. The molecule has 2 saturated heterocycles. The van der Waals surface area contributed by atoms with Crippen molar-refractivity contribution in [2.45, 2.75) is 50.1 Å². The molecule has 2 unspecified atom stereocenters. The van der Waals surface area contributed by atoms with Gasteiger partial charge in [0.15, 0.2) is 0 Å². The zero-order chi connectivity index (χ0) is 22.0. The molecule has 0 saturated carbocycles. The van der Waals surface area contributed by atoms with E-state index in [1.165, 1.54) is 18.1 Å². The Bertz CT molecular complexity index is 1030. The standard InChI is InChI=1S/C23H30N4O3S/c1-16-4-3-5-19(14-16)23-15-22(25-26-23)18-10-12-27(13-11-18)31(29,30)21-8-6-20(7-9-21)24-17(2)28/h3-9,14,18,22-23,25-26H,10-13,15H2,1-2H3,(H,24,28). The van der Waals surface area contributed by atoms with E-state index in [-0.39, 0.29) is 16.8 Å². The van der Waals surface area contributed by atoms with E-state index >= 15 is 0 Å². The molecular formula is C23H30N4O3S. The first-order valence-electron chi connectivity index (χ1n) is 10.8. The number of nitrogens with zero attached hydrogens (tertiary/aromatic N) is 1. The number of anilines is 1. The Morgan fingerprint density at radius 2 is 1.77 bits per heavy atom. The monoisotopic (exact) mass is 442 g/mol. The van der Waals surface area contributed by atoms with E-state index in [1.807, 2.05) is 0 Å². The summed E-state index contributed by atoms with van der Waals surface area (Å²) in [5, 5.41) is 2.66. The lowest BCUT2D eigenvalue weighted by Crippen LogP contribution is -2.44. The van der Waals surface area contributed by atoms with Crippen LogP contribution < -0.4 is 16.2 Å². The van der Waals surface area contributed by atoms with Crippen molar-refractivity contribution >= 4 is 21.6 Å². The van der Waals surface area contributed by atoms with E-state index in [1.54, 1.807) is 28.6 Å². The van der Waals surface area contributed by atoms with Crippen LogP contribution >= 0.6 is 0 Å². The largest absolute Gasteiger partial charge is 0.326 e. The van der Waals surface area contributed by atoms with Crippen LogP contribution in [0.5, 0.6) is 0 Å². The summed E-state index contributed by atoms with van der Waals surface area (Å²) in [4.78, 5) is 11.4. The van der Waals surface area contributed by atoms with Crippen LogP contribution in [-0.4, -0.2) is 37.8 Å². The number of piperidine rings is 1. The van der Waals surface area contributed by atoms with Crippen molar-refractivity contribution in [2.24, 2.45) is 5.92 Å². The SMILES string of the molecule is CC(=O)Nc1ccc(S(=O)(=O)N2CCC(C3CC(c4cccc(C)c4)NN3)CC2)cc1. The molecule has 1 amide bonds. The van der Waals surface area contributed by atoms with Gasteiger partial charge in [-0.2, -0.15) is 4.31 Å². The highest BCUT2D eigenvalue weighted by Gasteiger charge is 2.36. The first-order chi connectivity index (χ1) is 14.8. The fourth-order valence-corrected chi connectivity index (χ4v) is 6.05. The first kappa shape index (κ1) is 22.0. The highest BCUT2D eigenvalue weighted by atomic mass is 32.2. The fraction of sp³-hybridized carbons (Fsp3) is 0.435. The van der Waals surface area contributed by atoms with Gasteiger partial charge in [0.2, 0.25) is 15.9 Å². The summed E-state index contributed by atoms with van der Waals surface area (Å²) >= 11 is 0. The lowest BCUT2D eigenvalue weighted by atomic mass is 9.87. The number of hydrogen-bond donors (Lipinski definition) is 3. The summed E-state index contributed by atoms with van der Waals surface area (Å²) in [6.07, 6.45) is 2.68. The van der Waals surface area contributed by atoms with Gasteiger partial charge in [-0.1, -0.05) is 29.8 Å². The minimum Gasteiger partial charge on any atom is -0.326 e. The number of carbonyl (C=O) groups excluding carboxylic acids is 1. The third-order valence-corrected chi connectivity index (χ3v) is 8.17. The molecule has 0 spiro atoms. The summed E-state index contributed by atoms with van der Waals surface area (Å²) in [5.41, 5.74) is 10.0. The highest BCUT2D eigenvalue weighted by Crippen LogP contribution is 2.32. The van der Waals surface area contributed by atoms with Crippen LogP contribution in [0.25, 0.3) is 0 Å². The molecule has 31 heavy (non-hydrogen) atoms. The second-order valence-corrected chi connectivity index (χ2v) is 10.5. The maximum Gasteiger partial charge on any atom is 0.243 e. The highest BCUT2D eigenvalue weighted by molar-refractivity contribution is 7.89. The predicted octanol–water partition coefficient (Wildman–Crippen LogP) is 2.96. The van der Waals surface area contributed by atoms with Crippen LogP contribution in [-0.2, 0) is 14.8 Å². The molecule has 3 N–H and O–H groups in total. The van der Waals surface area contributed by atoms with E-state index in [9.17, 15) is 13.2 Å². The molecule has 0 aliphatic carbocycles. The van der Waals surface area contributed by atoms with Crippen molar-refractivity contribution in [3.05, 3.63) is 59.7 Å². The molecule has 0 radical (unpaired) electrons. The van der Waals surface area contributed by atoms with Crippen molar-refractivity contribution in [1.82, 2.24) is 15.2 Å². The summed E-state index contributed by atoms with van der Waals surface area (Å²) in [7, 11) is -3.53. The van der Waals surface area contributed by atoms with E-state index in [2.05, 4.69) is 47.4 Å². The van der Waals surface area contributed by atoms with Crippen molar-refractivity contribution in [1.29, 1.82) is 0 Å². The summed E-state index contributed by atoms with van der Waals surface area (Å²) in [5.74, 6) is 0.258. The molecule has 0 aromatic heterocycles. The molecular weight excluding hydrogens is 412 g/mol. The predicted molar refractivity (Wildman–Crippen MR) is 121 cm³/mol. The number of aryl methyl sites for hydroxylation is 1. The molecule has 2 aliphatic heterocycles. The molecule has 166 valence electrons. The van der Waals surface area contributed by atoms with Crippen molar-refractivity contribution in [3.63, 3.8) is 0 Å². The van der Waals surface area contributed by atoms with Gasteiger partial charge in [0, 0.05) is 37.8 Å². The maximum atomic E-state index is 13.0. The van der Waals surface area contributed by atoms with E-state index in [0.29, 0.717) is 30.7 Å². The van der Waals surface area contributed by atoms with Gasteiger partial charge in [-0.25, -0.2) is 8.42 Å². The molecule has 7 nitrogen and oxygen atoms in total. The Kier molecular flexibility index (Phi) is 6.43. The van der Waals surface area contributed by atoms with Gasteiger partial charge in [-0.05, 0) is 61.9 Å². The van der Waals surface area contributed by atoms with Gasteiger partial charge >= 0.3 is 0 Å². The van der Waals surface area contributed by atoms with Crippen molar-refractivity contribution in [2.75, 3.05) is 18.4 Å². The van der Waals surface area contributed by atoms with Crippen LogP contribution in [0.4, 0.5) is 5.69 Å². The molecule has 2 heterocycles. The molecule has 2 aromatic rings. The molecule has 2 fully saturated rings. The van der Waals surface area contributed by atoms with Crippen molar-refractivity contribution in [3.8, 4) is 0 Å². The number of hydrogen-bond acceptors (Lipinski definition) is 5. The lowest BCUT2D eigenvalue weighted by molar-refractivity contribution is -0.114. The Labute approximate surface area is 184 Å². The second kappa shape index (κ2) is 9.08. The average molecular weight is 443 g/mol. The number of rotatable bonds is 5. The Morgan fingerprint density at radius 3 is 2.42 bits per heavy atom. The van der Waals surface area contributed by atoms with Gasteiger partial charge in [0.25, 0.3) is 0 Å². The number of nitrogens with one attached hydrogen (secondary N) is 3. The van der Waals surface area contributed by atoms with Gasteiger partial charge < -0.3 is 5.32 Å². The van der Waals surface area contributed by atoms with Crippen LogP contribution in [0.3, 0.4) is 0 Å². The Morgan fingerprint density at radius 1 is 1.06 bits per heavy atom. The topological polar surface area (TPSA) is 90.5 Å². The zero-order valence-electron chi connectivity index (χ0n) is 18.0. The van der Waals surface area contributed by atoms with Crippen LogP contribution in [0.2, 0.25) is 0 Å². The maximum absolute atomic E-state index is 13.0. The number of sulfonamides is 1. The van der Waals surface area contributed by atoms with E-state index < -0.39 is 10.0 Å². The van der Waals surface area contributed by atoms with Gasteiger partial charge in [0.05, 0.1) is 4.90 Å². The number of benzene rings is 2. The second-order valence-electron chi connectivity index (χ2n) is 8.54. The van der Waals surface area contributed by atoms with Crippen LogP contribution in [0, 0.1) is 12.8 Å². The number of amides is 1. The fourth-order valence-electron chi connectivity index (χ4n) is 4.58. The van der Waals surface area contributed by atoms with Crippen molar-refractivity contribution < 1.29 is 13.2 Å². The molecule has 4 rings (SSSR count). The summed E-state index contributed by atoms with van der Waals surface area (Å²) < 4.78 is 27.6. The quantitative estimate of drug-likeness (QED) is 0.662. The molecule has 0 bridgehead atoms. The van der Waals surface area contributed by atoms with Gasteiger partial charge in [-0.15, -0.1) is 0 Å². The molecule has 2 aliphatic rings. The zero-order valence-corrected chi connectivity index (χ0v) is 18.8. The average Bonchev–Trinajstić information content (AvgIpc) is 3.24. The number of hydrazine groups is 1.